The molecule has 0 bridgehead atoms. The summed E-state index contributed by atoms with van der Waals surface area (Å²) in [5.74, 6) is 1.87. The summed E-state index contributed by atoms with van der Waals surface area (Å²) in [6, 6.07) is 19.4. The fourth-order valence-electron chi connectivity index (χ4n) is 4.42. The molecule has 220 valence electrons. The molecule has 0 saturated carbocycles. The first-order valence-electron chi connectivity index (χ1n) is 14.2. The Morgan fingerprint density at radius 3 is 2.35 bits per heavy atom. The van der Waals surface area contributed by atoms with Crippen LogP contribution in [0.4, 0.5) is 16.3 Å². The zero-order valence-corrected chi connectivity index (χ0v) is 24.5. The van der Waals surface area contributed by atoms with E-state index in [9.17, 15) is 9.59 Å². The van der Waals surface area contributed by atoms with Gasteiger partial charge in [-0.2, -0.15) is 5.10 Å². The number of carbonyl (C=O) groups excluding carboxylic acids is 2. The number of ether oxygens (including phenoxy) is 1. The average Bonchev–Trinajstić information content (AvgIpc) is 3.67. The van der Waals surface area contributed by atoms with Crippen LogP contribution < -0.4 is 15.4 Å². The van der Waals surface area contributed by atoms with Gasteiger partial charge in [0, 0.05) is 60.5 Å². The fourth-order valence-corrected chi connectivity index (χ4v) is 4.42. The van der Waals surface area contributed by atoms with Gasteiger partial charge in [0.25, 0.3) is 0 Å². The largest absolute Gasteiger partial charge is 0.457 e. The summed E-state index contributed by atoms with van der Waals surface area (Å²) in [5.41, 5.74) is 2.44. The van der Waals surface area contributed by atoms with Crippen LogP contribution in [-0.2, 0) is 12.0 Å². The minimum Gasteiger partial charge on any atom is -0.457 e. The van der Waals surface area contributed by atoms with Crippen molar-refractivity contribution in [2.75, 3.05) is 10.6 Å². The summed E-state index contributed by atoms with van der Waals surface area (Å²) in [6.07, 6.45) is 10.9. The molecule has 5 rings (SSSR count). The highest BCUT2D eigenvalue weighted by molar-refractivity contribution is 5.99. The summed E-state index contributed by atoms with van der Waals surface area (Å²) >= 11 is 0. The molecule has 0 radical (unpaired) electrons. The summed E-state index contributed by atoms with van der Waals surface area (Å²) in [7, 11) is 0. The number of unbranched alkanes of at least 4 members (excludes halogenated alkanes) is 1. The third-order valence-corrected chi connectivity index (χ3v) is 6.76. The van der Waals surface area contributed by atoms with Gasteiger partial charge in [0.05, 0.1) is 17.7 Å². The number of nitrogens with one attached hydrogen (secondary N) is 2. The Morgan fingerprint density at radius 2 is 1.63 bits per heavy atom. The van der Waals surface area contributed by atoms with Crippen LogP contribution in [0.15, 0.2) is 97.8 Å². The van der Waals surface area contributed by atoms with Crippen LogP contribution in [-0.4, -0.2) is 36.1 Å². The molecule has 0 atom stereocenters. The van der Waals surface area contributed by atoms with Gasteiger partial charge >= 0.3 is 6.03 Å². The molecule has 0 aliphatic carbocycles. The quantitative estimate of drug-likeness (QED) is 0.126. The molecule has 0 spiro atoms. The van der Waals surface area contributed by atoms with Crippen LogP contribution in [0.3, 0.4) is 0 Å². The van der Waals surface area contributed by atoms with Crippen molar-refractivity contribution in [2.45, 2.75) is 52.0 Å². The molecule has 0 aliphatic rings. The standard InChI is InChI=1S/C33H35N7O3/c1-33(2,3)30-22-31(37-32(42)36-25-10-12-27(13-11-25)43-28-14-16-34-17-15-28)40(38-30)26-8-6-7-24(21-26)29(41)9-4-5-19-39-20-18-35-23-39/h6-8,10-18,20-23H,4-5,9,19H2,1-3H3,(H2,36,37,42). The summed E-state index contributed by atoms with van der Waals surface area (Å²) in [4.78, 5) is 34.1. The SMILES string of the molecule is CC(C)(C)c1cc(NC(=O)Nc2ccc(Oc3ccncc3)cc2)n(-c2cccc(C(=O)CCCCn3ccnc3)c2)n1. The maximum absolute atomic E-state index is 13.0. The third kappa shape index (κ3) is 7.94. The Bertz CT molecular complexity index is 1660. The second kappa shape index (κ2) is 13.2. The van der Waals surface area contributed by atoms with Gasteiger partial charge in [-0.05, 0) is 61.4 Å². The lowest BCUT2D eigenvalue weighted by molar-refractivity contribution is 0.0979. The molecule has 2 amide bonds. The van der Waals surface area contributed by atoms with E-state index in [1.54, 1.807) is 66.0 Å². The normalized spacial score (nSPS) is 11.2. The number of nitrogens with zero attached hydrogens (tertiary/aromatic N) is 5. The molecule has 0 unspecified atom stereocenters. The number of anilines is 2. The van der Waals surface area contributed by atoms with Crippen molar-refractivity contribution >= 4 is 23.3 Å². The highest BCUT2D eigenvalue weighted by atomic mass is 16.5. The lowest BCUT2D eigenvalue weighted by Gasteiger charge is -2.14. The Balaban J connectivity index is 1.26. The van der Waals surface area contributed by atoms with Gasteiger partial charge < -0.3 is 14.6 Å². The number of hydrogen-bond acceptors (Lipinski definition) is 6. The molecule has 5 aromatic rings. The first-order valence-corrected chi connectivity index (χ1v) is 14.2. The predicted molar refractivity (Wildman–Crippen MR) is 166 cm³/mol. The molecular formula is C33H35N7O3. The van der Waals surface area contributed by atoms with Gasteiger partial charge in [-0.1, -0.05) is 32.9 Å². The second-order valence-electron chi connectivity index (χ2n) is 11.2. The number of pyridine rings is 1. The highest BCUT2D eigenvalue weighted by Gasteiger charge is 2.22. The maximum atomic E-state index is 13.0. The van der Waals surface area contributed by atoms with Crippen molar-refractivity contribution < 1.29 is 14.3 Å². The zero-order chi connectivity index (χ0) is 30.2. The lowest BCUT2D eigenvalue weighted by Crippen LogP contribution is -2.21. The number of aromatic nitrogens is 5. The van der Waals surface area contributed by atoms with Gasteiger partial charge in [-0.15, -0.1) is 0 Å². The van der Waals surface area contributed by atoms with Crippen LogP contribution in [0.1, 0.15) is 56.1 Å². The predicted octanol–water partition coefficient (Wildman–Crippen LogP) is 7.25. The zero-order valence-electron chi connectivity index (χ0n) is 24.5. The number of rotatable bonds is 11. The fraction of sp³-hybridized carbons (Fsp3) is 0.242. The number of Topliss-reactive ketones (excluding diaryl/α,β-unsaturated/α-hetero) is 1. The van der Waals surface area contributed by atoms with Gasteiger partial charge in [-0.25, -0.2) is 14.5 Å². The number of carbonyl (C=O) groups is 2. The number of imidazole rings is 1. The van der Waals surface area contributed by atoms with E-state index < -0.39 is 6.03 Å². The van der Waals surface area contributed by atoms with Crippen LogP contribution in [0.2, 0.25) is 0 Å². The van der Waals surface area contributed by atoms with E-state index in [2.05, 4.69) is 41.4 Å². The van der Waals surface area contributed by atoms with Gasteiger partial charge in [0.15, 0.2) is 5.78 Å². The van der Waals surface area contributed by atoms with Gasteiger partial charge in [-0.3, -0.25) is 15.1 Å². The van der Waals surface area contributed by atoms with E-state index in [-0.39, 0.29) is 11.2 Å². The summed E-state index contributed by atoms with van der Waals surface area (Å²) < 4.78 is 9.47. The summed E-state index contributed by atoms with van der Waals surface area (Å²) in [5, 5.41) is 10.6. The number of aryl methyl sites for hydroxylation is 1. The van der Waals surface area contributed by atoms with Crippen molar-refractivity contribution in [3.63, 3.8) is 0 Å². The molecule has 43 heavy (non-hydrogen) atoms. The van der Waals surface area contributed by atoms with E-state index in [0.29, 0.717) is 40.7 Å². The first kappa shape index (κ1) is 29.2. The molecular weight excluding hydrogens is 542 g/mol. The minimum absolute atomic E-state index is 0.0688. The third-order valence-electron chi connectivity index (χ3n) is 6.76. The van der Waals surface area contributed by atoms with Crippen molar-refractivity contribution in [3.8, 4) is 17.2 Å². The van der Waals surface area contributed by atoms with E-state index in [0.717, 1.165) is 25.1 Å². The van der Waals surface area contributed by atoms with Crippen molar-refractivity contribution in [1.82, 2.24) is 24.3 Å². The molecule has 2 aromatic carbocycles. The first-order chi connectivity index (χ1) is 20.7. The Kier molecular flexibility index (Phi) is 8.95. The summed E-state index contributed by atoms with van der Waals surface area (Å²) in [6.45, 7) is 7.01. The van der Waals surface area contributed by atoms with E-state index in [1.165, 1.54) is 0 Å². The lowest BCUT2D eigenvalue weighted by atomic mass is 9.92. The molecule has 3 aromatic heterocycles. The monoisotopic (exact) mass is 577 g/mol. The molecule has 2 N–H and O–H groups in total. The van der Waals surface area contributed by atoms with Crippen molar-refractivity contribution in [3.05, 3.63) is 109 Å². The van der Waals surface area contributed by atoms with Crippen molar-refractivity contribution in [1.29, 1.82) is 0 Å². The van der Waals surface area contributed by atoms with Crippen LogP contribution >= 0.6 is 0 Å². The van der Waals surface area contributed by atoms with Crippen molar-refractivity contribution in [2.24, 2.45) is 0 Å². The molecule has 0 fully saturated rings. The Labute approximate surface area is 250 Å². The smallest absolute Gasteiger partial charge is 0.324 e. The van der Waals surface area contributed by atoms with Crippen LogP contribution in [0.5, 0.6) is 11.5 Å². The second-order valence-corrected chi connectivity index (χ2v) is 11.2. The van der Waals surface area contributed by atoms with Crippen LogP contribution in [0.25, 0.3) is 5.69 Å². The number of amides is 2. The molecule has 3 heterocycles. The van der Waals surface area contributed by atoms with E-state index in [4.69, 9.17) is 9.84 Å². The molecule has 0 saturated heterocycles. The number of ketones is 1. The number of hydrogen-bond donors (Lipinski definition) is 2. The topological polar surface area (TPSA) is 116 Å². The van der Waals surface area contributed by atoms with E-state index >= 15 is 0 Å². The molecule has 0 aliphatic heterocycles. The number of benzene rings is 2. The Hall–Kier alpha value is -5.25. The number of urea groups is 1. The Morgan fingerprint density at radius 1 is 0.860 bits per heavy atom. The highest BCUT2D eigenvalue weighted by Crippen LogP contribution is 2.27. The maximum Gasteiger partial charge on any atom is 0.324 e. The minimum atomic E-state index is -0.422. The van der Waals surface area contributed by atoms with Crippen LogP contribution in [0, 0.1) is 0 Å². The molecule has 10 nitrogen and oxygen atoms in total. The average molecular weight is 578 g/mol. The van der Waals surface area contributed by atoms with E-state index in [1.807, 2.05) is 41.1 Å². The van der Waals surface area contributed by atoms with Gasteiger partial charge in [0.1, 0.15) is 17.3 Å². The van der Waals surface area contributed by atoms with Gasteiger partial charge in [0.2, 0.25) is 0 Å². The molecule has 10 heteroatoms.